The van der Waals surface area contributed by atoms with E-state index in [1.807, 2.05) is 6.92 Å². The third-order valence-electron chi connectivity index (χ3n) is 3.19. The Balaban J connectivity index is 2.12. The predicted molar refractivity (Wildman–Crippen MR) is 85.6 cm³/mol. The summed E-state index contributed by atoms with van der Waals surface area (Å²) in [6.07, 6.45) is -0.660. The quantitative estimate of drug-likeness (QED) is 0.476. The van der Waals surface area contributed by atoms with Crippen LogP contribution in [-0.4, -0.2) is 14.4 Å². The van der Waals surface area contributed by atoms with Gasteiger partial charge in [-0.3, -0.25) is 8.98 Å². The van der Waals surface area contributed by atoms with Crippen LogP contribution in [0.2, 0.25) is 0 Å². The fourth-order valence-corrected chi connectivity index (χ4v) is 3.05. The maximum Gasteiger partial charge on any atom is 0.308 e. The molecule has 0 saturated carbocycles. The van der Waals surface area contributed by atoms with Gasteiger partial charge in [-0.05, 0) is 43.7 Å². The van der Waals surface area contributed by atoms with Crippen LogP contribution in [0.5, 0.6) is 5.75 Å². The summed E-state index contributed by atoms with van der Waals surface area (Å²) in [7, 11) is -3.84. The first-order valence-corrected chi connectivity index (χ1v) is 8.47. The molecule has 0 spiro atoms. The number of aryl methyl sites for hydroxylation is 1. The van der Waals surface area contributed by atoms with Crippen LogP contribution < -0.4 is 4.74 Å². The van der Waals surface area contributed by atoms with E-state index < -0.39 is 22.2 Å². The largest absolute Gasteiger partial charge is 0.427 e. The monoisotopic (exact) mass is 334 g/mol. The van der Waals surface area contributed by atoms with Gasteiger partial charge in [0.25, 0.3) is 10.1 Å². The molecule has 2 aromatic rings. The Labute approximate surface area is 136 Å². The Kier molecular flexibility index (Phi) is 5.18. The third kappa shape index (κ3) is 4.64. The number of esters is 1. The van der Waals surface area contributed by atoms with Crippen LogP contribution in [0.3, 0.4) is 0 Å². The standard InChI is InChI=1S/C17H18O5S/c1-12-4-10-17(11-5-12)23(19,20)22-13(2)15-6-8-16(9-7-15)21-14(3)18/h4-11,13H,1-3H3. The van der Waals surface area contributed by atoms with E-state index in [0.717, 1.165) is 5.56 Å². The van der Waals surface area contributed by atoms with Crippen molar-refractivity contribution in [2.24, 2.45) is 0 Å². The molecule has 0 amide bonds. The van der Waals surface area contributed by atoms with Gasteiger partial charge in [0.2, 0.25) is 0 Å². The van der Waals surface area contributed by atoms with E-state index in [1.54, 1.807) is 43.3 Å². The van der Waals surface area contributed by atoms with E-state index in [2.05, 4.69) is 0 Å². The molecule has 0 aliphatic heterocycles. The van der Waals surface area contributed by atoms with E-state index >= 15 is 0 Å². The Hall–Kier alpha value is -2.18. The number of hydrogen-bond donors (Lipinski definition) is 0. The molecule has 0 aliphatic carbocycles. The van der Waals surface area contributed by atoms with Crippen LogP contribution in [-0.2, 0) is 19.1 Å². The summed E-state index contributed by atoms with van der Waals surface area (Å²) in [5, 5.41) is 0. The van der Waals surface area contributed by atoms with Crippen molar-refractivity contribution >= 4 is 16.1 Å². The van der Waals surface area contributed by atoms with E-state index in [4.69, 9.17) is 8.92 Å². The smallest absolute Gasteiger partial charge is 0.308 e. The minimum atomic E-state index is -3.84. The van der Waals surface area contributed by atoms with Gasteiger partial charge in [0.15, 0.2) is 0 Å². The molecule has 0 fully saturated rings. The van der Waals surface area contributed by atoms with Crippen molar-refractivity contribution in [1.82, 2.24) is 0 Å². The molecule has 0 aliphatic rings. The maximum absolute atomic E-state index is 12.2. The SMILES string of the molecule is CC(=O)Oc1ccc(C(C)OS(=O)(=O)c2ccc(C)cc2)cc1. The van der Waals surface area contributed by atoms with Crippen LogP contribution in [0.4, 0.5) is 0 Å². The number of rotatable bonds is 5. The highest BCUT2D eigenvalue weighted by Gasteiger charge is 2.20. The minimum absolute atomic E-state index is 0.117. The summed E-state index contributed by atoms with van der Waals surface area (Å²) in [6.45, 7) is 4.84. The summed E-state index contributed by atoms with van der Waals surface area (Å²) in [6, 6.07) is 13.0. The molecular weight excluding hydrogens is 316 g/mol. The molecule has 0 heterocycles. The lowest BCUT2D eigenvalue weighted by molar-refractivity contribution is -0.131. The first-order chi connectivity index (χ1) is 10.8. The summed E-state index contributed by atoms with van der Waals surface area (Å²) in [4.78, 5) is 11.0. The zero-order chi connectivity index (χ0) is 17.0. The van der Waals surface area contributed by atoms with Gasteiger partial charge < -0.3 is 4.74 Å². The van der Waals surface area contributed by atoms with Crippen LogP contribution in [0.25, 0.3) is 0 Å². The Bertz CT molecular complexity index is 777. The first-order valence-electron chi connectivity index (χ1n) is 7.06. The molecule has 0 bridgehead atoms. The van der Waals surface area contributed by atoms with Crippen LogP contribution >= 0.6 is 0 Å². The second-order valence-corrected chi connectivity index (χ2v) is 6.74. The number of ether oxygens (including phenoxy) is 1. The van der Waals surface area contributed by atoms with Crippen molar-refractivity contribution in [1.29, 1.82) is 0 Å². The van der Waals surface area contributed by atoms with Gasteiger partial charge >= 0.3 is 5.97 Å². The second-order valence-electron chi connectivity index (χ2n) is 5.17. The zero-order valence-corrected chi connectivity index (χ0v) is 14.0. The fraction of sp³-hybridized carbons (Fsp3) is 0.235. The van der Waals surface area contributed by atoms with Gasteiger partial charge in [0.05, 0.1) is 11.0 Å². The number of carbonyl (C=O) groups excluding carboxylic acids is 1. The molecule has 6 heteroatoms. The molecule has 0 aromatic heterocycles. The van der Waals surface area contributed by atoms with Gasteiger partial charge in [-0.2, -0.15) is 8.42 Å². The second kappa shape index (κ2) is 6.93. The molecule has 2 rings (SSSR count). The molecule has 0 N–H and O–H groups in total. The minimum Gasteiger partial charge on any atom is -0.427 e. The number of carbonyl (C=O) groups is 1. The topological polar surface area (TPSA) is 69.7 Å². The maximum atomic E-state index is 12.2. The molecule has 1 unspecified atom stereocenters. The third-order valence-corrected chi connectivity index (χ3v) is 4.58. The summed E-state index contributed by atoms with van der Waals surface area (Å²) in [5.74, 6) is -0.0150. The lowest BCUT2D eigenvalue weighted by Crippen LogP contribution is -2.10. The average Bonchev–Trinajstić information content (AvgIpc) is 2.47. The van der Waals surface area contributed by atoms with Crippen molar-refractivity contribution in [2.75, 3.05) is 0 Å². The Morgan fingerprint density at radius 1 is 1.00 bits per heavy atom. The van der Waals surface area contributed by atoms with E-state index in [-0.39, 0.29) is 4.90 Å². The lowest BCUT2D eigenvalue weighted by atomic mass is 10.1. The van der Waals surface area contributed by atoms with Crippen LogP contribution in [0.1, 0.15) is 31.1 Å². The van der Waals surface area contributed by atoms with Gasteiger partial charge in [-0.1, -0.05) is 29.8 Å². The number of hydrogen-bond acceptors (Lipinski definition) is 5. The van der Waals surface area contributed by atoms with Crippen LogP contribution in [0.15, 0.2) is 53.4 Å². The molecule has 0 radical (unpaired) electrons. The molecule has 0 saturated heterocycles. The normalized spacial score (nSPS) is 12.7. The van der Waals surface area contributed by atoms with Crippen LogP contribution in [0, 0.1) is 6.92 Å². The van der Waals surface area contributed by atoms with Gasteiger partial charge in [0.1, 0.15) is 5.75 Å². The van der Waals surface area contributed by atoms with Crippen molar-refractivity contribution < 1.29 is 22.1 Å². The lowest BCUT2D eigenvalue weighted by Gasteiger charge is -2.14. The van der Waals surface area contributed by atoms with Crippen molar-refractivity contribution in [3.05, 3.63) is 59.7 Å². The molecule has 2 aromatic carbocycles. The van der Waals surface area contributed by atoms with E-state index in [9.17, 15) is 13.2 Å². The summed E-state index contributed by atoms with van der Waals surface area (Å²) < 4.78 is 34.7. The summed E-state index contributed by atoms with van der Waals surface area (Å²) >= 11 is 0. The van der Waals surface area contributed by atoms with Crippen molar-refractivity contribution in [2.45, 2.75) is 31.8 Å². The predicted octanol–water partition coefficient (Wildman–Crippen LogP) is 3.39. The highest BCUT2D eigenvalue weighted by molar-refractivity contribution is 7.86. The Morgan fingerprint density at radius 3 is 2.09 bits per heavy atom. The van der Waals surface area contributed by atoms with Crippen molar-refractivity contribution in [3.8, 4) is 5.75 Å². The van der Waals surface area contributed by atoms with Gasteiger partial charge in [-0.25, -0.2) is 0 Å². The van der Waals surface area contributed by atoms with E-state index in [1.165, 1.54) is 19.1 Å². The molecule has 122 valence electrons. The molecule has 5 nitrogen and oxygen atoms in total. The van der Waals surface area contributed by atoms with Gasteiger partial charge in [-0.15, -0.1) is 0 Å². The van der Waals surface area contributed by atoms with Crippen molar-refractivity contribution in [3.63, 3.8) is 0 Å². The molecular formula is C17H18O5S. The molecule has 23 heavy (non-hydrogen) atoms. The van der Waals surface area contributed by atoms with E-state index in [0.29, 0.717) is 11.3 Å². The Morgan fingerprint density at radius 2 is 1.57 bits per heavy atom. The average molecular weight is 334 g/mol. The van der Waals surface area contributed by atoms with Gasteiger partial charge in [0, 0.05) is 6.92 Å². The number of benzene rings is 2. The fourth-order valence-electron chi connectivity index (χ4n) is 1.98. The highest BCUT2D eigenvalue weighted by Crippen LogP contribution is 2.25. The highest BCUT2D eigenvalue weighted by atomic mass is 32.2. The molecule has 1 atom stereocenters. The first kappa shape index (κ1) is 17.2. The zero-order valence-electron chi connectivity index (χ0n) is 13.1. The summed E-state index contributed by atoms with van der Waals surface area (Å²) in [5.41, 5.74) is 1.63.